The molecule has 1 heterocycles. The maximum absolute atomic E-state index is 12.6. The van der Waals surface area contributed by atoms with E-state index < -0.39 is 18.0 Å². The van der Waals surface area contributed by atoms with E-state index >= 15 is 0 Å². The molecule has 0 saturated carbocycles. The van der Waals surface area contributed by atoms with Crippen LogP contribution in [0, 0.1) is 20.8 Å². The molecule has 8 heteroatoms. The van der Waals surface area contributed by atoms with E-state index in [1.165, 1.54) is 32.4 Å². The zero-order chi connectivity index (χ0) is 24.1. The molecule has 0 aliphatic rings. The minimum absolute atomic E-state index is 0.123. The predicted octanol–water partition coefficient (Wildman–Crippen LogP) is 4.30. The first-order valence-electron chi connectivity index (χ1n) is 10.4. The Morgan fingerprint density at radius 2 is 1.64 bits per heavy atom. The Morgan fingerprint density at radius 1 is 0.909 bits per heavy atom. The number of carbonyl (C=O) groups is 3. The molecule has 0 saturated heterocycles. The molecule has 0 aliphatic carbocycles. The first kappa shape index (κ1) is 23.6. The largest absolute Gasteiger partial charge is 0.465 e. The lowest BCUT2D eigenvalue weighted by atomic mass is 10.1. The zero-order valence-corrected chi connectivity index (χ0v) is 19.3. The van der Waals surface area contributed by atoms with Crippen molar-refractivity contribution < 1.29 is 23.9 Å². The van der Waals surface area contributed by atoms with Crippen LogP contribution in [-0.2, 0) is 16.0 Å². The Hall–Kier alpha value is -4.07. The van der Waals surface area contributed by atoms with Crippen molar-refractivity contribution in [2.24, 2.45) is 0 Å². The van der Waals surface area contributed by atoms with Crippen molar-refractivity contribution in [2.45, 2.75) is 27.3 Å². The van der Waals surface area contributed by atoms with Crippen LogP contribution in [0.4, 0.5) is 10.5 Å². The number of benzene rings is 2. The second-order valence-electron chi connectivity index (χ2n) is 7.62. The maximum Gasteiger partial charge on any atom is 0.339 e. The molecule has 172 valence electrons. The van der Waals surface area contributed by atoms with Crippen LogP contribution in [0.25, 0.3) is 5.69 Å². The molecule has 1 aromatic heterocycles. The van der Waals surface area contributed by atoms with Crippen molar-refractivity contribution in [3.05, 3.63) is 82.2 Å². The third kappa shape index (κ3) is 5.23. The molecule has 2 aromatic carbocycles. The number of rotatable bonds is 6. The average molecular weight is 450 g/mol. The summed E-state index contributed by atoms with van der Waals surface area (Å²) in [4.78, 5) is 36.5. The third-order valence-electron chi connectivity index (χ3n) is 5.33. The Balaban J connectivity index is 1.78. The molecule has 0 atom stereocenters. The van der Waals surface area contributed by atoms with Gasteiger partial charge in [-0.25, -0.2) is 14.4 Å². The highest BCUT2D eigenvalue weighted by Gasteiger charge is 2.18. The first-order chi connectivity index (χ1) is 15.7. The SMILES string of the molecule is COC(=O)c1ccc(C(=O)OC)c(NC(=O)NCc2cc(C)n(-c3cccc(C)c3)c2C)c1. The molecule has 0 aliphatic heterocycles. The van der Waals surface area contributed by atoms with Crippen LogP contribution in [0.3, 0.4) is 0 Å². The smallest absolute Gasteiger partial charge is 0.339 e. The molecule has 8 nitrogen and oxygen atoms in total. The van der Waals surface area contributed by atoms with Gasteiger partial charge in [0.05, 0.1) is 31.0 Å². The number of carbonyl (C=O) groups excluding carboxylic acids is 3. The monoisotopic (exact) mass is 449 g/mol. The van der Waals surface area contributed by atoms with Crippen molar-refractivity contribution in [1.29, 1.82) is 0 Å². The van der Waals surface area contributed by atoms with Crippen LogP contribution in [0.5, 0.6) is 0 Å². The fourth-order valence-electron chi connectivity index (χ4n) is 3.70. The van der Waals surface area contributed by atoms with Gasteiger partial charge in [-0.05, 0) is 68.3 Å². The van der Waals surface area contributed by atoms with E-state index in [-0.39, 0.29) is 23.4 Å². The third-order valence-corrected chi connectivity index (χ3v) is 5.33. The van der Waals surface area contributed by atoms with Crippen LogP contribution in [0.2, 0.25) is 0 Å². The van der Waals surface area contributed by atoms with E-state index in [9.17, 15) is 14.4 Å². The topological polar surface area (TPSA) is 98.7 Å². The number of ether oxygens (including phenoxy) is 2. The van der Waals surface area contributed by atoms with Crippen molar-refractivity contribution in [3.63, 3.8) is 0 Å². The number of hydrogen-bond acceptors (Lipinski definition) is 5. The molecule has 0 spiro atoms. The van der Waals surface area contributed by atoms with E-state index in [1.807, 2.05) is 45.0 Å². The number of aromatic nitrogens is 1. The fraction of sp³-hybridized carbons (Fsp3) is 0.240. The van der Waals surface area contributed by atoms with Gasteiger partial charge < -0.3 is 24.7 Å². The van der Waals surface area contributed by atoms with Gasteiger partial charge in [0, 0.05) is 23.6 Å². The number of aryl methyl sites for hydroxylation is 2. The number of hydrogen-bond donors (Lipinski definition) is 2. The molecular weight excluding hydrogens is 422 g/mol. The Bertz CT molecular complexity index is 1210. The summed E-state index contributed by atoms with van der Waals surface area (Å²) >= 11 is 0. The van der Waals surface area contributed by atoms with E-state index in [2.05, 4.69) is 21.3 Å². The number of nitrogens with one attached hydrogen (secondary N) is 2. The lowest BCUT2D eigenvalue weighted by Gasteiger charge is -2.13. The number of nitrogens with zero attached hydrogens (tertiary/aromatic N) is 1. The van der Waals surface area contributed by atoms with Gasteiger partial charge in [0.2, 0.25) is 0 Å². The molecule has 33 heavy (non-hydrogen) atoms. The molecule has 2 amide bonds. The summed E-state index contributed by atoms with van der Waals surface area (Å²) < 4.78 is 11.6. The quantitative estimate of drug-likeness (QED) is 0.547. The second kappa shape index (κ2) is 10.0. The first-order valence-corrected chi connectivity index (χ1v) is 10.4. The average Bonchev–Trinajstić information content (AvgIpc) is 3.09. The van der Waals surface area contributed by atoms with E-state index in [4.69, 9.17) is 9.47 Å². The molecule has 0 radical (unpaired) electrons. The van der Waals surface area contributed by atoms with Gasteiger partial charge in [-0.1, -0.05) is 12.1 Å². The van der Waals surface area contributed by atoms with Gasteiger partial charge in [-0.2, -0.15) is 0 Å². The minimum atomic E-state index is -0.636. The number of amides is 2. The molecule has 0 fully saturated rings. The summed E-state index contributed by atoms with van der Waals surface area (Å²) in [6.07, 6.45) is 0. The van der Waals surface area contributed by atoms with E-state index in [0.29, 0.717) is 0 Å². The van der Waals surface area contributed by atoms with E-state index in [0.717, 1.165) is 28.2 Å². The van der Waals surface area contributed by atoms with Crippen molar-refractivity contribution in [1.82, 2.24) is 9.88 Å². The van der Waals surface area contributed by atoms with Gasteiger partial charge >= 0.3 is 18.0 Å². The molecular formula is C25H27N3O5. The lowest BCUT2D eigenvalue weighted by Crippen LogP contribution is -2.29. The summed E-state index contributed by atoms with van der Waals surface area (Å²) in [5, 5.41) is 5.44. The maximum atomic E-state index is 12.6. The van der Waals surface area contributed by atoms with Crippen LogP contribution in [-0.4, -0.2) is 36.8 Å². The van der Waals surface area contributed by atoms with Gasteiger partial charge in [-0.3, -0.25) is 0 Å². The molecule has 3 aromatic rings. The van der Waals surface area contributed by atoms with Gasteiger partial charge in [0.25, 0.3) is 0 Å². The summed E-state index contributed by atoms with van der Waals surface area (Å²) in [7, 11) is 2.49. The number of anilines is 1. The molecule has 0 bridgehead atoms. The fourth-order valence-corrected chi connectivity index (χ4v) is 3.70. The standard InChI is InChI=1S/C25H27N3O5/c1-15-7-6-8-20(11-15)28-16(2)12-19(17(28)3)14-26-25(31)27-22-13-18(23(29)32-4)9-10-21(22)24(30)33-5/h6-13H,14H2,1-5H3,(H2,26,27,31). The highest BCUT2D eigenvalue weighted by Crippen LogP contribution is 2.22. The van der Waals surface area contributed by atoms with Gasteiger partial charge in [0.15, 0.2) is 0 Å². The highest BCUT2D eigenvalue weighted by molar-refractivity contribution is 6.03. The summed E-state index contributed by atoms with van der Waals surface area (Å²) in [6.45, 7) is 6.34. The van der Waals surface area contributed by atoms with Crippen molar-refractivity contribution in [2.75, 3.05) is 19.5 Å². The summed E-state index contributed by atoms with van der Waals surface area (Å²) in [5.74, 6) is -1.22. The number of esters is 2. The van der Waals surface area contributed by atoms with E-state index in [1.54, 1.807) is 0 Å². The Labute approximate surface area is 192 Å². The predicted molar refractivity (Wildman–Crippen MR) is 125 cm³/mol. The van der Waals surface area contributed by atoms with Crippen molar-refractivity contribution >= 4 is 23.7 Å². The normalized spacial score (nSPS) is 10.5. The Morgan fingerprint density at radius 3 is 2.30 bits per heavy atom. The zero-order valence-electron chi connectivity index (χ0n) is 19.3. The minimum Gasteiger partial charge on any atom is -0.465 e. The second-order valence-corrected chi connectivity index (χ2v) is 7.62. The summed E-state index contributed by atoms with van der Waals surface area (Å²) in [6, 6.07) is 13.9. The van der Waals surface area contributed by atoms with Crippen LogP contribution in [0.15, 0.2) is 48.5 Å². The molecule has 2 N–H and O–H groups in total. The van der Waals surface area contributed by atoms with Crippen LogP contribution >= 0.6 is 0 Å². The van der Waals surface area contributed by atoms with Gasteiger partial charge in [-0.15, -0.1) is 0 Å². The highest BCUT2D eigenvalue weighted by atomic mass is 16.5. The number of urea groups is 1. The molecule has 0 unspecified atom stereocenters. The lowest BCUT2D eigenvalue weighted by molar-refractivity contribution is 0.0587. The Kier molecular flexibility index (Phi) is 7.17. The van der Waals surface area contributed by atoms with Crippen LogP contribution in [0.1, 0.15) is 43.2 Å². The summed E-state index contributed by atoms with van der Waals surface area (Å²) in [5.41, 5.74) is 5.71. The molecule has 3 rings (SSSR count). The van der Waals surface area contributed by atoms with Crippen LogP contribution < -0.4 is 10.6 Å². The number of methoxy groups -OCH3 is 2. The van der Waals surface area contributed by atoms with Crippen molar-refractivity contribution in [3.8, 4) is 5.69 Å². The van der Waals surface area contributed by atoms with Gasteiger partial charge in [0.1, 0.15) is 0 Å².